The van der Waals surface area contributed by atoms with Crippen LogP contribution in [0.5, 0.6) is 0 Å². The molecule has 0 saturated carbocycles. The van der Waals surface area contributed by atoms with Gasteiger partial charge in [0, 0.05) is 20.6 Å². The van der Waals surface area contributed by atoms with Gasteiger partial charge in [-0.25, -0.2) is 4.79 Å². The maximum absolute atomic E-state index is 11.4. The van der Waals surface area contributed by atoms with Crippen LogP contribution >= 0.6 is 0 Å². The molecule has 0 aliphatic rings. The van der Waals surface area contributed by atoms with Gasteiger partial charge in [-0.2, -0.15) is 0 Å². The summed E-state index contributed by atoms with van der Waals surface area (Å²) in [6.07, 6.45) is 0.383. The van der Waals surface area contributed by atoms with Crippen molar-refractivity contribution in [3.05, 3.63) is 0 Å². The minimum Gasteiger partial charge on any atom is -0.450 e. The molecule has 15 heavy (non-hydrogen) atoms. The second-order valence-electron chi connectivity index (χ2n) is 3.41. The maximum atomic E-state index is 11.4. The second kappa shape index (κ2) is 7.09. The molecule has 2 amide bonds. The zero-order valence-corrected chi connectivity index (χ0v) is 9.95. The smallest absolute Gasteiger partial charge is 0.410 e. The van der Waals surface area contributed by atoms with Crippen LogP contribution in [0.15, 0.2) is 0 Å². The van der Waals surface area contributed by atoms with E-state index in [2.05, 4.69) is 0 Å². The zero-order valence-electron chi connectivity index (χ0n) is 9.95. The molecule has 0 fully saturated rings. The Balaban J connectivity index is 4.26. The van der Waals surface area contributed by atoms with Crippen LogP contribution < -0.4 is 0 Å². The molecule has 0 radical (unpaired) electrons. The quantitative estimate of drug-likeness (QED) is 0.687. The van der Waals surface area contributed by atoms with E-state index >= 15 is 0 Å². The van der Waals surface area contributed by atoms with E-state index in [4.69, 9.17) is 4.74 Å². The van der Waals surface area contributed by atoms with Gasteiger partial charge >= 0.3 is 6.09 Å². The van der Waals surface area contributed by atoms with Gasteiger partial charge in [0.1, 0.15) is 6.54 Å². The number of amides is 2. The van der Waals surface area contributed by atoms with E-state index in [1.165, 1.54) is 9.80 Å². The van der Waals surface area contributed by atoms with Gasteiger partial charge in [0.05, 0.1) is 6.61 Å². The summed E-state index contributed by atoms with van der Waals surface area (Å²) in [5.74, 6) is -0.100. The first-order valence-electron chi connectivity index (χ1n) is 5.14. The molecule has 0 saturated heterocycles. The summed E-state index contributed by atoms with van der Waals surface area (Å²) < 4.78 is 4.85. The van der Waals surface area contributed by atoms with Crippen molar-refractivity contribution in [3.63, 3.8) is 0 Å². The van der Waals surface area contributed by atoms with E-state index < -0.39 is 6.09 Å². The molecule has 5 heteroatoms. The molecule has 0 aliphatic heterocycles. The molecule has 0 bridgehead atoms. The van der Waals surface area contributed by atoms with Crippen LogP contribution in [0.2, 0.25) is 0 Å². The van der Waals surface area contributed by atoms with Crippen LogP contribution in [0.3, 0.4) is 0 Å². The van der Waals surface area contributed by atoms with E-state index in [0.717, 1.165) is 6.42 Å². The summed E-state index contributed by atoms with van der Waals surface area (Å²) in [5.41, 5.74) is 0. The largest absolute Gasteiger partial charge is 0.450 e. The normalized spacial score (nSPS) is 9.60. The first kappa shape index (κ1) is 13.7. The van der Waals surface area contributed by atoms with Crippen molar-refractivity contribution in [1.29, 1.82) is 0 Å². The molecule has 0 heterocycles. The van der Waals surface area contributed by atoms with Crippen LogP contribution in [-0.4, -0.2) is 55.6 Å². The Bertz CT molecular complexity index is 217. The highest BCUT2D eigenvalue weighted by atomic mass is 16.6. The van der Waals surface area contributed by atoms with Gasteiger partial charge in [-0.15, -0.1) is 0 Å². The van der Waals surface area contributed by atoms with E-state index in [0.29, 0.717) is 13.2 Å². The van der Waals surface area contributed by atoms with Gasteiger partial charge in [0.2, 0.25) is 5.91 Å². The first-order valence-corrected chi connectivity index (χ1v) is 5.14. The van der Waals surface area contributed by atoms with Gasteiger partial charge in [-0.3, -0.25) is 9.69 Å². The predicted octanol–water partition coefficient (Wildman–Crippen LogP) is 0.943. The monoisotopic (exact) mass is 216 g/mol. The summed E-state index contributed by atoms with van der Waals surface area (Å²) in [5, 5.41) is 0. The lowest BCUT2D eigenvalue weighted by Crippen LogP contribution is -2.40. The van der Waals surface area contributed by atoms with E-state index in [1.54, 1.807) is 21.0 Å². The average molecular weight is 216 g/mol. The van der Waals surface area contributed by atoms with Crippen LogP contribution in [0.25, 0.3) is 0 Å². The third-order valence-corrected chi connectivity index (χ3v) is 1.84. The number of carbonyl (C=O) groups excluding carboxylic acids is 2. The Kier molecular flexibility index (Phi) is 6.49. The van der Waals surface area contributed by atoms with Crippen molar-refractivity contribution < 1.29 is 14.3 Å². The molecule has 0 aromatic heterocycles. The SMILES string of the molecule is CCCN(CC(=O)N(C)C)C(=O)OCC. The van der Waals surface area contributed by atoms with Crippen LogP contribution in [0.4, 0.5) is 4.79 Å². The fourth-order valence-electron chi connectivity index (χ4n) is 1.02. The van der Waals surface area contributed by atoms with Gasteiger partial charge in [-0.1, -0.05) is 6.92 Å². The summed E-state index contributed by atoms with van der Waals surface area (Å²) >= 11 is 0. The minimum absolute atomic E-state index is 0.0830. The Labute approximate surface area is 91.0 Å². The number of rotatable bonds is 5. The van der Waals surface area contributed by atoms with Gasteiger partial charge in [0.15, 0.2) is 0 Å². The highest BCUT2D eigenvalue weighted by Gasteiger charge is 2.17. The molecular formula is C10H20N2O3. The van der Waals surface area contributed by atoms with Gasteiger partial charge in [0.25, 0.3) is 0 Å². The van der Waals surface area contributed by atoms with E-state index in [1.807, 2.05) is 6.92 Å². The fourth-order valence-corrected chi connectivity index (χ4v) is 1.02. The van der Waals surface area contributed by atoms with Gasteiger partial charge in [-0.05, 0) is 13.3 Å². The van der Waals surface area contributed by atoms with E-state index in [9.17, 15) is 9.59 Å². The number of ether oxygens (including phenoxy) is 1. The molecule has 88 valence electrons. The third-order valence-electron chi connectivity index (χ3n) is 1.84. The lowest BCUT2D eigenvalue weighted by molar-refractivity contribution is -0.129. The van der Waals surface area contributed by atoms with Crippen LogP contribution in [0.1, 0.15) is 20.3 Å². The van der Waals surface area contributed by atoms with Crippen molar-refractivity contribution in [2.45, 2.75) is 20.3 Å². The molecule has 0 unspecified atom stereocenters. The summed E-state index contributed by atoms with van der Waals surface area (Å²) in [6, 6.07) is 0. The maximum Gasteiger partial charge on any atom is 0.410 e. The first-order chi connectivity index (χ1) is 7.02. The number of hydrogen-bond acceptors (Lipinski definition) is 3. The highest BCUT2D eigenvalue weighted by molar-refractivity contribution is 5.81. The van der Waals surface area contributed by atoms with Crippen molar-refractivity contribution in [2.75, 3.05) is 33.8 Å². The summed E-state index contributed by atoms with van der Waals surface area (Å²) in [4.78, 5) is 25.7. The van der Waals surface area contributed by atoms with Gasteiger partial charge < -0.3 is 9.64 Å². The summed E-state index contributed by atoms with van der Waals surface area (Å²) in [7, 11) is 3.33. The van der Waals surface area contributed by atoms with Crippen LogP contribution in [-0.2, 0) is 9.53 Å². The van der Waals surface area contributed by atoms with E-state index in [-0.39, 0.29) is 12.5 Å². The number of nitrogens with zero attached hydrogens (tertiary/aromatic N) is 2. The average Bonchev–Trinajstić information content (AvgIpc) is 2.17. The van der Waals surface area contributed by atoms with Crippen molar-refractivity contribution >= 4 is 12.0 Å². The molecule has 0 aromatic rings. The third kappa shape index (κ3) is 5.24. The Hall–Kier alpha value is -1.26. The molecule has 5 nitrogen and oxygen atoms in total. The number of carbonyl (C=O) groups is 2. The standard InChI is InChI=1S/C10H20N2O3/c1-5-7-12(10(14)15-6-2)8-9(13)11(3)4/h5-8H2,1-4H3. The molecule has 0 atom stereocenters. The Morgan fingerprint density at radius 2 is 1.80 bits per heavy atom. The zero-order chi connectivity index (χ0) is 11.8. The minimum atomic E-state index is -0.422. The van der Waals surface area contributed by atoms with Crippen molar-refractivity contribution in [1.82, 2.24) is 9.80 Å². The second-order valence-corrected chi connectivity index (χ2v) is 3.41. The summed E-state index contributed by atoms with van der Waals surface area (Å²) in [6.45, 7) is 4.65. The molecule has 0 aromatic carbocycles. The van der Waals surface area contributed by atoms with Crippen LogP contribution in [0, 0.1) is 0 Å². The Morgan fingerprint density at radius 3 is 2.20 bits per heavy atom. The number of likely N-dealkylation sites (N-methyl/N-ethyl adjacent to an activating group) is 1. The predicted molar refractivity (Wildman–Crippen MR) is 57.6 cm³/mol. The van der Waals surface area contributed by atoms with Crippen molar-refractivity contribution in [2.24, 2.45) is 0 Å². The molecule has 0 spiro atoms. The Morgan fingerprint density at radius 1 is 1.20 bits per heavy atom. The molecule has 0 aliphatic carbocycles. The fraction of sp³-hybridized carbons (Fsp3) is 0.800. The molecule has 0 N–H and O–H groups in total. The molecule has 0 rings (SSSR count). The lowest BCUT2D eigenvalue weighted by atomic mass is 10.4. The highest BCUT2D eigenvalue weighted by Crippen LogP contribution is 1.97. The number of hydrogen-bond donors (Lipinski definition) is 0. The topological polar surface area (TPSA) is 49.9 Å². The lowest BCUT2D eigenvalue weighted by Gasteiger charge is -2.22. The molecular weight excluding hydrogens is 196 g/mol. The van der Waals surface area contributed by atoms with Crippen molar-refractivity contribution in [3.8, 4) is 0 Å².